The second-order valence-electron chi connectivity index (χ2n) is 5.94. The van der Waals surface area contributed by atoms with Crippen LogP contribution >= 0.6 is 0 Å². The van der Waals surface area contributed by atoms with E-state index in [2.05, 4.69) is 12.2 Å². The highest BCUT2D eigenvalue weighted by Gasteiger charge is 2.32. The lowest BCUT2D eigenvalue weighted by molar-refractivity contribution is 0.246. The molecule has 0 unspecified atom stereocenters. The first-order chi connectivity index (χ1) is 9.24. The smallest absolute Gasteiger partial charge is 0.123 e. The second kappa shape index (κ2) is 7.04. The van der Waals surface area contributed by atoms with Gasteiger partial charge in [-0.3, -0.25) is 0 Å². The van der Waals surface area contributed by atoms with Crippen LogP contribution in [0.2, 0.25) is 0 Å². The van der Waals surface area contributed by atoms with E-state index >= 15 is 0 Å². The molecule has 1 aliphatic carbocycles. The Labute approximate surface area is 116 Å². The van der Waals surface area contributed by atoms with Gasteiger partial charge in [0.1, 0.15) is 5.82 Å². The molecule has 1 N–H and O–H groups in total. The van der Waals surface area contributed by atoms with E-state index in [0.717, 1.165) is 19.5 Å². The lowest BCUT2D eigenvalue weighted by Gasteiger charge is -2.29. The average molecular weight is 263 g/mol. The molecule has 0 radical (unpaired) electrons. The molecule has 1 aromatic carbocycles. The lowest BCUT2D eigenvalue weighted by Crippen LogP contribution is -2.25. The van der Waals surface area contributed by atoms with Crippen LogP contribution < -0.4 is 5.32 Å². The number of rotatable bonds is 7. The second-order valence-corrected chi connectivity index (χ2v) is 5.94. The molecule has 2 rings (SSSR count). The van der Waals surface area contributed by atoms with Crippen LogP contribution in [-0.2, 0) is 6.42 Å². The summed E-state index contributed by atoms with van der Waals surface area (Å²) in [5.41, 5.74) is 1.81. The van der Waals surface area contributed by atoms with E-state index in [1.54, 1.807) is 12.1 Å². The first-order valence-electron chi connectivity index (χ1n) is 7.69. The maximum absolute atomic E-state index is 12.9. The lowest BCUT2D eigenvalue weighted by atomic mass is 9.77. The van der Waals surface area contributed by atoms with Crippen LogP contribution in [0, 0.1) is 11.2 Å². The van der Waals surface area contributed by atoms with Crippen LogP contribution in [0.4, 0.5) is 4.39 Å². The maximum atomic E-state index is 12.9. The number of nitrogens with one attached hydrogen (secondary N) is 1. The van der Waals surface area contributed by atoms with Crippen LogP contribution in [-0.4, -0.2) is 13.1 Å². The Morgan fingerprint density at radius 3 is 2.42 bits per heavy atom. The average Bonchev–Trinajstić information content (AvgIpc) is 2.88. The van der Waals surface area contributed by atoms with Gasteiger partial charge >= 0.3 is 0 Å². The molecular formula is C17H26FN. The molecule has 0 aromatic heterocycles. The zero-order valence-corrected chi connectivity index (χ0v) is 12.1. The van der Waals surface area contributed by atoms with Gasteiger partial charge in [-0.25, -0.2) is 4.39 Å². The highest BCUT2D eigenvalue weighted by Crippen LogP contribution is 2.44. The van der Waals surface area contributed by atoms with Gasteiger partial charge in [0.05, 0.1) is 0 Å². The predicted octanol–water partition coefficient (Wildman–Crippen LogP) is 4.32. The third-order valence-electron chi connectivity index (χ3n) is 4.60. The molecule has 0 atom stereocenters. The summed E-state index contributed by atoms with van der Waals surface area (Å²) >= 11 is 0. The van der Waals surface area contributed by atoms with Gasteiger partial charge < -0.3 is 5.32 Å². The van der Waals surface area contributed by atoms with Gasteiger partial charge in [0.2, 0.25) is 0 Å². The quantitative estimate of drug-likeness (QED) is 0.722. The van der Waals surface area contributed by atoms with Crippen LogP contribution in [0.15, 0.2) is 24.3 Å². The Kier molecular flexibility index (Phi) is 5.38. The van der Waals surface area contributed by atoms with E-state index in [0.29, 0.717) is 5.41 Å². The van der Waals surface area contributed by atoms with Gasteiger partial charge in [0.25, 0.3) is 0 Å². The van der Waals surface area contributed by atoms with Crippen molar-refractivity contribution in [3.05, 3.63) is 35.6 Å². The Bertz CT molecular complexity index is 365. The Balaban J connectivity index is 1.87. The van der Waals surface area contributed by atoms with Gasteiger partial charge in [-0.1, -0.05) is 31.9 Å². The van der Waals surface area contributed by atoms with E-state index in [4.69, 9.17) is 0 Å². The van der Waals surface area contributed by atoms with Crippen molar-refractivity contribution in [3.8, 4) is 0 Å². The summed E-state index contributed by atoms with van der Waals surface area (Å²) < 4.78 is 12.9. The summed E-state index contributed by atoms with van der Waals surface area (Å²) in [7, 11) is 0. The summed E-state index contributed by atoms with van der Waals surface area (Å²) in [5.74, 6) is -0.133. The molecule has 1 nitrogen and oxygen atoms in total. The van der Waals surface area contributed by atoms with Crippen molar-refractivity contribution in [2.24, 2.45) is 5.41 Å². The molecule has 0 bridgehead atoms. The number of halogens is 1. The topological polar surface area (TPSA) is 12.0 Å². The van der Waals surface area contributed by atoms with Crippen molar-refractivity contribution in [2.45, 2.75) is 51.9 Å². The largest absolute Gasteiger partial charge is 0.317 e. The predicted molar refractivity (Wildman–Crippen MR) is 78.8 cm³/mol. The van der Waals surface area contributed by atoms with Gasteiger partial charge in [-0.15, -0.1) is 0 Å². The highest BCUT2D eigenvalue weighted by atomic mass is 19.1. The minimum absolute atomic E-state index is 0.133. The third-order valence-corrected chi connectivity index (χ3v) is 4.60. The summed E-state index contributed by atoms with van der Waals surface area (Å²) in [5, 5.41) is 3.46. The molecule has 106 valence electrons. The molecule has 1 fully saturated rings. The number of aryl methyl sites for hydroxylation is 1. The van der Waals surface area contributed by atoms with Crippen molar-refractivity contribution in [2.75, 3.05) is 13.1 Å². The molecule has 2 heteroatoms. The minimum Gasteiger partial charge on any atom is -0.317 e. The standard InChI is InChI=1S/C17H26FN/c1-2-19-14-13-17(10-3-4-11-17)12-9-15-5-7-16(18)8-6-15/h5-8,19H,2-4,9-14H2,1H3. The molecule has 1 saturated carbocycles. The van der Waals surface area contributed by atoms with E-state index in [1.165, 1.54) is 44.1 Å². The van der Waals surface area contributed by atoms with Crippen LogP contribution in [0.5, 0.6) is 0 Å². The SMILES string of the molecule is CCNCCC1(CCc2ccc(F)cc2)CCCC1. The molecular weight excluding hydrogens is 237 g/mol. The van der Waals surface area contributed by atoms with Gasteiger partial charge in [0, 0.05) is 0 Å². The van der Waals surface area contributed by atoms with Gasteiger partial charge in [-0.2, -0.15) is 0 Å². The normalized spacial score (nSPS) is 17.8. The number of benzene rings is 1. The molecule has 1 aromatic rings. The first kappa shape index (κ1) is 14.5. The highest BCUT2D eigenvalue weighted by molar-refractivity contribution is 5.16. The molecule has 0 heterocycles. The number of hydrogen-bond acceptors (Lipinski definition) is 1. The molecule has 0 aliphatic heterocycles. The molecule has 0 saturated heterocycles. The summed E-state index contributed by atoms with van der Waals surface area (Å²) in [6, 6.07) is 7.02. The summed E-state index contributed by atoms with van der Waals surface area (Å²) in [4.78, 5) is 0. The van der Waals surface area contributed by atoms with Crippen LogP contribution in [0.25, 0.3) is 0 Å². The summed E-state index contributed by atoms with van der Waals surface area (Å²) in [6.07, 6.45) is 9.16. The Morgan fingerprint density at radius 1 is 1.11 bits per heavy atom. The molecule has 1 aliphatic rings. The molecule has 19 heavy (non-hydrogen) atoms. The minimum atomic E-state index is -0.133. The fourth-order valence-electron chi connectivity index (χ4n) is 3.34. The molecule has 0 amide bonds. The van der Waals surface area contributed by atoms with Crippen molar-refractivity contribution >= 4 is 0 Å². The Morgan fingerprint density at radius 2 is 1.79 bits per heavy atom. The monoisotopic (exact) mass is 263 g/mol. The Hall–Kier alpha value is -0.890. The van der Waals surface area contributed by atoms with Crippen molar-refractivity contribution in [3.63, 3.8) is 0 Å². The third kappa shape index (κ3) is 4.31. The zero-order valence-electron chi connectivity index (χ0n) is 12.1. The fourth-order valence-corrected chi connectivity index (χ4v) is 3.34. The van der Waals surface area contributed by atoms with Crippen molar-refractivity contribution in [1.29, 1.82) is 0 Å². The van der Waals surface area contributed by atoms with Gasteiger partial charge in [-0.05, 0) is 68.3 Å². The summed E-state index contributed by atoms with van der Waals surface area (Å²) in [6.45, 7) is 4.37. The van der Waals surface area contributed by atoms with Gasteiger partial charge in [0.15, 0.2) is 0 Å². The van der Waals surface area contributed by atoms with Crippen molar-refractivity contribution in [1.82, 2.24) is 5.32 Å². The van der Waals surface area contributed by atoms with E-state index in [9.17, 15) is 4.39 Å². The van der Waals surface area contributed by atoms with Crippen molar-refractivity contribution < 1.29 is 4.39 Å². The molecule has 0 spiro atoms. The zero-order chi connectivity index (χ0) is 13.6. The van der Waals surface area contributed by atoms with E-state index < -0.39 is 0 Å². The van der Waals surface area contributed by atoms with Crippen LogP contribution in [0.3, 0.4) is 0 Å². The number of hydrogen-bond donors (Lipinski definition) is 1. The van der Waals surface area contributed by atoms with E-state index in [-0.39, 0.29) is 5.82 Å². The van der Waals surface area contributed by atoms with E-state index in [1.807, 2.05) is 12.1 Å². The van der Waals surface area contributed by atoms with Crippen LogP contribution in [0.1, 0.15) is 51.0 Å². The fraction of sp³-hybridized carbons (Fsp3) is 0.647. The maximum Gasteiger partial charge on any atom is 0.123 e. The first-order valence-corrected chi connectivity index (χ1v) is 7.69.